The number of hydrogen-bond donors (Lipinski definition) is 0. The number of pyridine rings is 1. The summed E-state index contributed by atoms with van der Waals surface area (Å²) in [6, 6.07) is 5.18. The van der Waals surface area contributed by atoms with Crippen LogP contribution in [0.2, 0.25) is 0 Å². The SMILES string of the molecule is O=Cc1ccnc(-c2ccc(Br)cn2)n1. The van der Waals surface area contributed by atoms with Crippen LogP contribution in [0.1, 0.15) is 10.5 Å². The van der Waals surface area contributed by atoms with Crippen LogP contribution in [0.15, 0.2) is 35.1 Å². The van der Waals surface area contributed by atoms with Gasteiger partial charge in [-0.1, -0.05) is 0 Å². The van der Waals surface area contributed by atoms with Crippen LogP contribution in [0.3, 0.4) is 0 Å². The molecule has 5 heteroatoms. The van der Waals surface area contributed by atoms with Gasteiger partial charge in [-0.15, -0.1) is 0 Å². The second-order valence-corrected chi connectivity index (χ2v) is 3.70. The van der Waals surface area contributed by atoms with Crippen LogP contribution < -0.4 is 0 Å². The first-order valence-corrected chi connectivity index (χ1v) is 4.99. The number of carbonyl (C=O) groups excluding carboxylic acids is 1. The van der Waals surface area contributed by atoms with Crippen molar-refractivity contribution in [1.82, 2.24) is 15.0 Å². The van der Waals surface area contributed by atoms with Gasteiger partial charge in [-0.05, 0) is 34.1 Å². The van der Waals surface area contributed by atoms with Gasteiger partial charge in [0, 0.05) is 16.9 Å². The maximum Gasteiger partial charge on any atom is 0.178 e. The highest BCUT2D eigenvalue weighted by molar-refractivity contribution is 9.10. The average Bonchev–Trinajstić information content (AvgIpc) is 2.30. The zero-order valence-corrected chi connectivity index (χ0v) is 9.18. The third-order valence-corrected chi connectivity index (χ3v) is 2.22. The first-order valence-electron chi connectivity index (χ1n) is 4.20. The molecule has 0 aliphatic heterocycles. The summed E-state index contributed by atoms with van der Waals surface area (Å²) < 4.78 is 0.887. The van der Waals surface area contributed by atoms with Gasteiger partial charge in [0.1, 0.15) is 11.4 Å². The molecule has 4 nitrogen and oxygen atoms in total. The highest BCUT2D eigenvalue weighted by atomic mass is 79.9. The van der Waals surface area contributed by atoms with Crippen molar-refractivity contribution in [3.63, 3.8) is 0 Å². The van der Waals surface area contributed by atoms with Gasteiger partial charge >= 0.3 is 0 Å². The molecule has 0 amide bonds. The van der Waals surface area contributed by atoms with Crippen molar-refractivity contribution in [2.75, 3.05) is 0 Å². The van der Waals surface area contributed by atoms with E-state index in [9.17, 15) is 4.79 Å². The third-order valence-electron chi connectivity index (χ3n) is 1.75. The molecule has 0 fully saturated rings. The fourth-order valence-corrected chi connectivity index (χ4v) is 1.30. The van der Waals surface area contributed by atoms with Crippen molar-refractivity contribution in [3.8, 4) is 11.5 Å². The molecule has 2 heterocycles. The van der Waals surface area contributed by atoms with Crippen molar-refractivity contribution in [2.45, 2.75) is 0 Å². The summed E-state index contributed by atoms with van der Waals surface area (Å²) in [4.78, 5) is 22.7. The van der Waals surface area contributed by atoms with E-state index in [4.69, 9.17) is 0 Å². The van der Waals surface area contributed by atoms with Crippen LogP contribution in [-0.4, -0.2) is 21.2 Å². The third kappa shape index (κ3) is 2.24. The van der Waals surface area contributed by atoms with Gasteiger partial charge in [0.15, 0.2) is 12.1 Å². The van der Waals surface area contributed by atoms with E-state index in [1.807, 2.05) is 6.07 Å². The Morgan fingerprint density at radius 2 is 2.07 bits per heavy atom. The van der Waals surface area contributed by atoms with Gasteiger partial charge in [-0.3, -0.25) is 9.78 Å². The largest absolute Gasteiger partial charge is 0.296 e. The fraction of sp³-hybridized carbons (Fsp3) is 0. The predicted molar refractivity (Wildman–Crippen MR) is 58.4 cm³/mol. The van der Waals surface area contributed by atoms with Crippen LogP contribution in [-0.2, 0) is 0 Å². The van der Waals surface area contributed by atoms with Gasteiger partial charge in [-0.2, -0.15) is 0 Å². The Balaban J connectivity index is 2.44. The molecular formula is C10H6BrN3O. The Labute approximate surface area is 94.5 Å². The minimum Gasteiger partial charge on any atom is -0.296 e. The zero-order chi connectivity index (χ0) is 10.7. The van der Waals surface area contributed by atoms with Crippen LogP contribution in [0.25, 0.3) is 11.5 Å². The first kappa shape index (κ1) is 9.92. The molecule has 0 N–H and O–H groups in total. The number of aldehydes is 1. The van der Waals surface area contributed by atoms with Crippen molar-refractivity contribution in [3.05, 3.63) is 40.8 Å². The topological polar surface area (TPSA) is 55.7 Å². The van der Waals surface area contributed by atoms with E-state index in [1.165, 1.54) is 6.20 Å². The fourth-order valence-electron chi connectivity index (χ4n) is 1.07. The molecule has 74 valence electrons. The van der Waals surface area contributed by atoms with Gasteiger partial charge in [0.25, 0.3) is 0 Å². The maximum atomic E-state index is 10.5. The minimum atomic E-state index is 0.352. The highest BCUT2D eigenvalue weighted by Gasteiger charge is 2.03. The molecule has 0 saturated carbocycles. The minimum absolute atomic E-state index is 0.352. The van der Waals surface area contributed by atoms with E-state index in [0.29, 0.717) is 23.5 Å². The Morgan fingerprint density at radius 1 is 1.20 bits per heavy atom. The molecular weight excluding hydrogens is 258 g/mol. The molecule has 2 aromatic rings. The number of halogens is 1. The smallest absolute Gasteiger partial charge is 0.178 e. The summed E-state index contributed by atoms with van der Waals surface area (Å²) in [7, 11) is 0. The molecule has 0 aliphatic rings. The monoisotopic (exact) mass is 263 g/mol. The van der Waals surface area contributed by atoms with E-state index >= 15 is 0 Å². The Morgan fingerprint density at radius 3 is 2.73 bits per heavy atom. The van der Waals surface area contributed by atoms with Gasteiger partial charge < -0.3 is 0 Å². The van der Waals surface area contributed by atoms with Crippen molar-refractivity contribution in [2.24, 2.45) is 0 Å². The first-order chi connectivity index (χ1) is 7.29. The number of aromatic nitrogens is 3. The number of hydrogen-bond acceptors (Lipinski definition) is 4. The highest BCUT2D eigenvalue weighted by Crippen LogP contribution is 2.14. The quantitative estimate of drug-likeness (QED) is 0.779. The number of nitrogens with zero attached hydrogens (tertiary/aromatic N) is 3. The van der Waals surface area contributed by atoms with Gasteiger partial charge in [0.05, 0.1) is 0 Å². The van der Waals surface area contributed by atoms with Gasteiger partial charge in [-0.25, -0.2) is 9.97 Å². The zero-order valence-electron chi connectivity index (χ0n) is 7.59. The number of rotatable bonds is 2. The van der Waals surface area contributed by atoms with E-state index < -0.39 is 0 Å². The van der Waals surface area contributed by atoms with E-state index in [0.717, 1.165) is 4.47 Å². The van der Waals surface area contributed by atoms with Crippen LogP contribution in [0.4, 0.5) is 0 Å². The molecule has 0 saturated heterocycles. The van der Waals surface area contributed by atoms with E-state index in [2.05, 4.69) is 30.9 Å². The molecule has 15 heavy (non-hydrogen) atoms. The molecule has 0 spiro atoms. The van der Waals surface area contributed by atoms with Crippen LogP contribution in [0.5, 0.6) is 0 Å². The summed E-state index contributed by atoms with van der Waals surface area (Å²) in [6.07, 6.45) is 3.88. The molecule has 0 bridgehead atoms. The Hall–Kier alpha value is -1.62. The van der Waals surface area contributed by atoms with Crippen LogP contribution >= 0.6 is 15.9 Å². The average molecular weight is 264 g/mol. The molecule has 0 atom stereocenters. The lowest BCUT2D eigenvalue weighted by atomic mass is 10.3. The molecule has 0 aromatic carbocycles. The second-order valence-electron chi connectivity index (χ2n) is 2.78. The van der Waals surface area contributed by atoms with Crippen molar-refractivity contribution >= 4 is 22.2 Å². The Kier molecular flexibility index (Phi) is 2.82. The van der Waals surface area contributed by atoms with E-state index in [-0.39, 0.29) is 0 Å². The maximum absolute atomic E-state index is 10.5. The standard InChI is InChI=1S/C10H6BrN3O/c11-7-1-2-9(13-5-7)10-12-4-3-8(6-15)14-10/h1-6H. The summed E-state index contributed by atoms with van der Waals surface area (Å²) in [5.74, 6) is 0.451. The number of carbonyl (C=O) groups is 1. The molecule has 2 aromatic heterocycles. The molecule has 0 aliphatic carbocycles. The summed E-state index contributed by atoms with van der Waals surface area (Å²) in [5.41, 5.74) is 0.992. The van der Waals surface area contributed by atoms with Crippen molar-refractivity contribution in [1.29, 1.82) is 0 Å². The lowest BCUT2D eigenvalue weighted by Crippen LogP contribution is -1.94. The predicted octanol–water partition coefficient (Wildman–Crippen LogP) is 2.11. The molecule has 0 radical (unpaired) electrons. The summed E-state index contributed by atoms with van der Waals surface area (Å²) >= 11 is 3.29. The second kappa shape index (κ2) is 4.27. The molecule has 0 unspecified atom stereocenters. The lowest BCUT2D eigenvalue weighted by Gasteiger charge is -1.98. The lowest BCUT2D eigenvalue weighted by molar-refractivity contribution is 0.111. The van der Waals surface area contributed by atoms with E-state index in [1.54, 1.807) is 18.3 Å². The normalized spacial score (nSPS) is 9.93. The Bertz CT molecular complexity index is 484. The molecule has 2 rings (SSSR count). The van der Waals surface area contributed by atoms with Crippen LogP contribution in [0, 0.1) is 0 Å². The van der Waals surface area contributed by atoms with Gasteiger partial charge in [0.2, 0.25) is 0 Å². The summed E-state index contributed by atoms with van der Waals surface area (Å²) in [6.45, 7) is 0. The summed E-state index contributed by atoms with van der Waals surface area (Å²) in [5, 5.41) is 0. The van der Waals surface area contributed by atoms with Crippen molar-refractivity contribution < 1.29 is 4.79 Å².